The molecule has 5 heteroatoms. The van der Waals surface area contributed by atoms with Gasteiger partial charge in [-0.1, -0.05) is 12.0 Å². The van der Waals surface area contributed by atoms with E-state index in [0.29, 0.717) is 31.4 Å². The van der Waals surface area contributed by atoms with E-state index in [1.165, 1.54) is 12.1 Å². The quantitative estimate of drug-likeness (QED) is 0.353. The van der Waals surface area contributed by atoms with Crippen LogP contribution < -0.4 is 15.4 Å². The SMILES string of the molecule is C#CCNC(=NCCOc1cccc(F)c1)NCC. The Hall–Kier alpha value is -2.22. The molecular weight excluding hydrogens is 245 g/mol. The van der Waals surface area contributed by atoms with Gasteiger partial charge in [0.1, 0.15) is 18.2 Å². The van der Waals surface area contributed by atoms with Gasteiger partial charge in [0.2, 0.25) is 0 Å². The summed E-state index contributed by atoms with van der Waals surface area (Å²) in [6.07, 6.45) is 5.16. The molecule has 1 aromatic carbocycles. The van der Waals surface area contributed by atoms with Crippen molar-refractivity contribution in [3.63, 3.8) is 0 Å². The zero-order valence-electron chi connectivity index (χ0n) is 10.9. The van der Waals surface area contributed by atoms with Crippen molar-refractivity contribution < 1.29 is 9.13 Å². The first-order valence-electron chi connectivity index (χ1n) is 6.10. The Morgan fingerprint density at radius 2 is 2.32 bits per heavy atom. The van der Waals surface area contributed by atoms with E-state index in [-0.39, 0.29) is 5.82 Å². The van der Waals surface area contributed by atoms with Crippen molar-refractivity contribution in [1.29, 1.82) is 0 Å². The molecule has 0 spiro atoms. The molecule has 19 heavy (non-hydrogen) atoms. The number of halogens is 1. The van der Waals surface area contributed by atoms with Crippen LogP contribution in [0.2, 0.25) is 0 Å². The number of rotatable bonds is 6. The molecular formula is C14H18FN3O. The van der Waals surface area contributed by atoms with Crippen LogP contribution in [0.1, 0.15) is 6.92 Å². The van der Waals surface area contributed by atoms with Crippen molar-refractivity contribution in [1.82, 2.24) is 10.6 Å². The minimum atomic E-state index is -0.315. The molecule has 0 aliphatic carbocycles. The number of ether oxygens (including phenoxy) is 1. The van der Waals surface area contributed by atoms with E-state index in [1.807, 2.05) is 6.92 Å². The van der Waals surface area contributed by atoms with E-state index >= 15 is 0 Å². The van der Waals surface area contributed by atoms with Crippen molar-refractivity contribution >= 4 is 5.96 Å². The maximum Gasteiger partial charge on any atom is 0.192 e. The number of guanidine groups is 1. The molecule has 0 amide bonds. The Morgan fingerprint density at radius 1 is 1.47 bits per heavy atom. The van der Waals surface area contributed by atoms with Gasteiger partial charge >= 0.3 is 0 Å². The second-order valence-corrected chi connectivity index (χ2v) is 3.62. The maximum absolute atomic E-state index is 12.9. The number of benzene rings is 1. The fourth-order valence-corrected chi connectivity index (χ4v) is 1.35. The molecule has 0 aliphatic rings. The molecule has 0 unspecified atom stereocenters. The molecule has 0 radical (unpaired) electrons. The first-order chi connectivity index (χ1) is 9.26. The monoisotopic (exact) mass is 263 g/mol. The number of terminal acetylenes is 1. The lowest BCUT2D eigenvalue weighted by Crippen LogP contribution is -2.37. The van der Waals surface area contributed by atoms with Crippen LogP contribution in [0.5, 0.6) is 5.75 Å². The molecule has 0 saturated heterocycles. The fraction of sp³-hybridized carbons (Fsp3) is 0.357. The zero-order valence-corrected chi connectivity index (χ0v) is 10.9. The number of aliphatic imine (C=N–C) groups is 1. The summed E-state index contributed by atoms with van der Waals surface area (Å²) in [5.41, 5.74) is 0. The molecule has 0 heterocycles. The number of nitrogens with one attached hydrogen (secondary N) is 2. The van der Waals surface area contributed by atoms with E-state index in [9.17, 15) is 4.39 Å². The van der Waals surface area contributed by atoms with Crippen molar-refractivity contribution in [2.75, 3.05) is 26.2 Å². The summed E-state index contributed by atoms with van der Waals surface area (Å²) in [7, 11) is 0. The Kier molecular flexibility index (Phi) is 6.88. The summed E-state index contributed by atoms with van der Waals surface area (Å²) in [6.45, 7) is 3.96. The van der Waals surface area contributed by atoms with Gasteiger partial charge in [0, 0.05) is 12.6 Å². The molecule has 0 bridgehead atoms. The van der Waals surface area contributed by atoms with Crippen LogP contribution in [0.15, 0.2) is 29.3 Å². The van der Waals surface area contributed by atoms with Gasteiger partial charge in [0.15, 0.2) is 5.96 Å². The minimum Gasteiger partial charge on any atom is -0.492 e. The molecule has 102 valence electrons. The Labute approximate surface area is 113 Å². The molecule has 1 aromatic rings. The van der Waals surface area contributed by atoms with Crippen LogP contribution in [-0.2, 0) is 0 Å². The van der Waals surface area contributed by atoms with E-state index in [0.717, 1.165) is 6.54 Å². The molecule has 0 atom stereocenters. The Morgan fingerprint density at radius 3 is 3.00 bits per heavy atom. The first kappa shape index (κ1) is 14.8. The van der Waals surface area contributed by atoms with Gasteiger partial charge < -0.3 is 15.4 Å². The summed E-state index contributed by atoms with van der Waals surface area (Å²) in [6, 6.07) is 6.02. The van der Waals surface area contributed by atoms with Crippen molar-refractivity contribution in [3.05, 3.63) is 30.1 Å². The first-order valence-corrected chi connectivity index (χ1v) is 6.10. The highest BCUT2D eigenvalue weighted by molar-refractivity contribution is 5.79. The average Bonchev–Trinajstić information content (AvgIpc) is 2.41. The number of hydrogen-bond donors (Lipinski definition) is 2. The molecule has 0 aromatic heterocycles. The summed E-state index contributed by atoms with van der Waals surface area (Å²) in [4.78, 5) is 4.27. The van der Waals surface area contributed by atoms with Crippen LogP contribution in [0.3, 0.4) is 0 Å². The molecule has 4 nitrogen and oxygen atoms in total. The van der Waals surface area contributed by atoms with Crippen LogP contribution in [0.4, 0.5) is 4.39 Å². The summed E-state index contributed by atoms with van der Waals surface area (Å²) in [5.74, 6) is 3.30. The molecule has 0 saturated carbocycles. The van der Waals surface area contributed by atoms with Crippen molar-refractivity contribution in [2.24, 2.45) is 4.99 Å². The van der Waals surface area contributed by atoms with Crippen LogP contribution in [-0.4, -0.2) is 32.2 Å². The Bertz CT molecular complexity index is 454. The van der Waals surface area contributed by atoms with Gasteiger partial charge in [0.25, 0.3) is 0 Å². The summed E-state index contributed by atoms with van der Waals surface area (Å²) < 4.78 is 18.3. The van der Waals surface area contributed by atoms with Gasteiger partial charge in [-0.15, -0.1) is 6.42 Å². The zero-order chi connectivity index (χ0) is 13.9. The lowest BCUT2D eigenvalue weighted by atomic mass is 10.3. The van der Waals surface area contributed by atoms with E-state index < -0.39 is 0 Å². The lowest BCUT2D eigenvalue weighted by Gasteiger charge is -2.09. The van der Waals surface area contributed by atoms with Gasteiger partial charge in [0.05, 0.1) is 13.1 Å². The third-order valence-corrected chi connectivity index (χ3v) is 2.13. The highest BCUT2D eigenvalue weighted by Crippen LogP contribution is 2.11. The average molecular weight is 263 g/mol. The minimum absolute atomic E-state index is 0.315. The topological polar surface area (TPSA) is 45.7 Å². The molecule has 0 aliphatic heterocycles. The van der Waals surface area contributed by atoms with Gasteiger partial charge in [-0.05, 0) is 19.1 Å². The summed E-state index contributed by atoms with van der Waals surface area (Å²) >= 11 is 0. The maximum atomic E-state index is 12.9. The van der Waals surface area contributed by atoms with Crippen molar-refractivity contribution in [2.45, 2.75) is 6.92 Å². The second-order valence-electron chi connectivity index (χ2n) is 3.62. The smallest absolute Gasteiger partial charge is 0.192 e. The van der Waals surface area contributed by atoms with Gasteiger partial charge in [-0.25, -0.2) is 9.38 Å². The highest BCUT2D eigenvalue weighted by atomic mass is 19.1. The Balaban J connectivity index is 2.36. The number of nitrogens with zero attached hydrogens (tertiary/aromatic N) is 1. The predicted octanol–water partition coefficient (Wildman–Crippen LogP) is 1.39. The molecule has 0 fully saturated rings. The van der Waals surface area contributed by atoms with Crippen molar-refractivity contribution in [3.8, 4) is 18.1 Å². The van der Waals surface area contributed by atoms with E-state index in [4.69, 9.17) is 11.2 Å². The third-order valence-electron chi connectivity index (χ3n) is 2.13. The fourth-order valence-electron chi connectivity index (χ4n) is 1.35. The standard InChI is InChI=1S/C14H18FN3O/c1-3-8-17-14(16-4-2)18-9-10-19-13-7-5-6-12(15)11-13/h1,5-7,11H,4,8-10H2,2H3,(H2,16,17,18). The van der Waals surface area contributed by atoms with Gasteiger partial charge in [-0.3, -0.25) is 0 Å². The largest absolute Gasteiger partial charge is 0.492 e. The second kappa shape index (κ2) is 8.81. The molecule has 1 rings (SSSR count). The lowest BCUT2D eigenvalue weighted by molar-refractivity contribution is 0.326. The summed E-state index contributed by atoms with van der Waals surface area (Å²) in [5, 5.41) is 6.02. The van der Waals surface area contributed by atoms with E-state index in [2.05, 4.69) is 21.5 Å². The predicted molar refractivity (Wildman–Crippen MR) is 74.7 cm³/mol. The number of hydrogen-bond acceptors (Lipinski definition) is 2. The van der Waals surface area contributed by atoms with E-state index in [1.54, 1.807) is 12.1 Å². The normalized spacial score (nSPS) is 10.7. The van der Waals surface area contributed by atoms with Crippen LogP contribution >= 0.6 is 0 Å². The highest BCUT2D eigenvalue weighted by Gasteiger charge is 1.97. The molecule has 2 N–H and O–H groups in total. The van der Waals surface area contributed by atoms with Gasteiger partial charge in [-0.2, -0.15) is 0 Å². The third kappa shape index (κ3) is 6.32. The van der Waals surface area contributed by atoms with Crippen LogP contribution in [0.25, 0.3) is 0 Å². The van der Waals surface area contributed by atoms with Crippen LogP contribution in [0, 0.1) is 18.2 Å².